The molecule has 0 aliphatic rings. The van der Waals surface area contributed by atoms with E-state index in [1.165, 1.54) is 12.1 Å². The molecule has 0 aliphatic heterocycles. The maximum absolute atomic E-state index is 13.9. The molecule has 3 rings (SSSR count). The van der Waals surface area contributed by atoms with Crippen LogP contribution in [0.2, 0.25) is 5.02 Å². The number of aliphatic hydroxyl groups is 1. The first kappa shape index (κ1) is 13.1. The summed E-state index contributed by atoms with van der Waals surface area (Å²) in [5.74, 6) is -0.502. The summed E-state index contributed by atoms with van der Waals surface area (Å²) in [6.07, 6.45) is -1.08. The van der Waals surface area contributed by atoms with Crippen LogP contribution in [0.15, 0.2) is 60.7 Å². The zero-order chi connectivity index (χ0) is 14.1. The second-order valence-electron chi connectivity index (χ2n) is 4.64. The van der Waals surface area contributed by atoms with E-state index in [1.807, 2.05) is 36.4 Å². The van der Waals surface area contributed by atoms with Gasteiger partial charge in [0, 0.05) is 10.6 Å². The van der Waals surface area contributed by atoms with E-state index in [0.717, 1.165) is 10.8 Å². The monoisotopic (exact) mass is 286 g/mol. The van der Waals surface area contributed by atoms with Crippen LogP contribution in [-0.4, -0.2) is 5.11 Å². The van der Waals surface area contributed by atoms with Gasteiger partial charge in [0.2, 0.25) is 0 Å². The molecule has 0 saturated carbocycles. The van der Waals surface area contributed by atoms with E-state index in [9.17, 15) is 9.50 Å². The van der Waals surface area contributed by atoms with Crippen LogP contribution in [-0.2, 0) is 0 Å². The fraction of sp³-hybridized carbons (Fsp3) is 0.0588. The van der Waals surface area contributed by atoms with E-state index >= 15 is 0 Å². The highest BCUT2D eigenvalue weighted by molar-refractivity contribution is 6.31. The molecule has 1 atom stereocenters. The number of hydrogen-bond donors (Lipinski definition) is 1. The molecular formula is C17H12ClFO. The van der Waals surface area contributed by atoms with Crippen LogP contribution in [0.1, 0.15) is 17.2 Å². The van der Waals surface area contributed by atoms with Crippen molar-refractivity contribution < 1.29 is 9.50 Å². The molecule has 0 bridgehead atoms. The molecule has 0 amide bonds. The minimum Gasteiger partial charge on any atom is -0.383 e. The number of rotatable bonds is 2. The zero-order valence-electron chi connectivity index (χ0n) is 10.6. The predicted octanol–water partition coefficient (Wildman–Crippen LogP) is 4.71. The van der Waals surface area contributed by atoms with Gasteiger partial charge in [-0.3, -0.25) is 0 Å². The highest BCUT2D eigenvalue weighted by Crippen LogP contribution is 2.31. The zero-order valence-corrected chi connectivity index (χ0v) is 11.3. The molecule has 3 heteroatoms. The Kier molecular flexibility index (Phi) is 3.43. The maximum atomic E-state index is 13.9. The van der Waals surface area contributed by atoms with Crippen molar-refractivity contribution >= 4 is 22.4 Å². The molecule has 0 heterocycles. The molecule has 100 valence electrons. The average molecular weight is 287 g/mol. The Morgan fingerprint density at radius 2 is 1.65 bits per heavy atom. The fourth-order valence-corrected chi connectivity index (χ4v) is 2.58. The number of hydrogen-bond acceptors (Lipinski definition) is 1. The summed E-state index contributed by atoms with van der Waals surface area (Å²) in [5.41, 5.74) is 0.736. The van der Waals surface area contributed by atoms with Gasteiger partial charge in [-0.1, -0.05) is 54.1 Å². The van der Waals surface area contributed by atoms with Crippen molar-refractivity contribution in [3.05, 3.63) is 82.6 Å². The molecule has 0 aliphatic carbocycles. The second kappa shape index (κ2) is 5.23. The number of aliphatic hydroxyl groups excluding tert-OH is 1. The van der Waals surface area contributed by atoms with Crippen LogP contribution < -0.4 is 0 Å². The van der Waals surface area contributed by atoms with Crippen molar-refractivity contribution in [1.29, 1.82) is 0 Å². The first-order chi connectivity index (χ1) is 9.66. The Balaban J connectivity index is 2.10. The van der Waals surface area contributed by atoms with Crippen LogP contribution in [0.25, 0.3) is 10.8 Å². The molecule has 1 N–H and O–H groups in total. The van der Waals surface area contributed by atoms with Gasteiger partial charge in [-0.2, -0.15) is 0 Å². The van der Waals surface area contributed by atoms with Crippen molar-refractivity contribution in [2.45, 2.75) is 6.10 Å². The van der Waals surface area contributed by atoms with Gasteiger partial charge >= 0.3 is 0 Å². The van der Waals surface area contributed by atoms with Crippen molar-refractivity contribution in [3.63, 3.8) is 0 Å². The maximum Gasteiger partial charge on any atom is 0.130 e. The molecule has 0 radical (unpaired) electrons. The summed E-state index contributed by atoms with van der Waals surface area (Å²) >= 11 is 5.99. The number of fused-ring (bicyclic) bond motifs is 1. The Morgan fingerprint density at radius 3 is 2.40 bits per heavy atom. The molecule has 3 aromatic carbocycles. The van der Waals surface area contributed by atoms with E-state index in [4.69, 9.17) is 11.6 Å². The summed E-state index contributed by atoms with van der Waals surface area (Å²) in [6.45, 7) is 0. The van der Waals surface area contributed by atoms with Crippen molar-refractivity contribution in [1.82, 2.24) is 0 Å². The molecular weight excluding hydrogens is 275 g/mol. The van der Waals surface area contributed by atoms with Gasteiger partial charge in [-0.15, -0.1) is 0 Å². The van der Waals surface area contributed by atoms with E-state index < -0.39 is 11.9 Å². The summed E-state index contributed by atoms with van der Waals surface area (Å²) in [4.78, 5) is 0. The third-order valence-electron chi connectivity index (χ3n) is 3.36. The van der Waals surface area contributed by atoms with Crippen molar-refractivity contribution in [3.8, 4) is 0 Å². The van der Waals surface area contributed by atoms with E-state index in [1.54, 1.807) is 12.1 Å². The molecule has 1 unspecified atom stereocenters. The smallest absolute Gasteiger partial charge is 0.130 e. The lowest BCUT2D eigenvalue weighted by Crippen LogP contribution is -2.03. The summed E-state index contributed by atoms with van der Waals surface area (Å²) in [5, 5.41) is 12.7. The van der Waals surface area contributed by atoms with Gasteiger partial charge in [0.25, 0.3) is 0 Å². The number of halogens is 2. The minimum atomic E-state index is -1.08. The quantitative estimate of drug-likeness (QED) is 0.723. The van der Waals surface area contributed by atoms with E-state index in [0.29, 0.717) is 5.56 Å². The van der Waals surface area contributed by atoms with E-state index in [-0.39, 0.29) is 10.6 Å². The molecule has 1 nitrogen and oxygen atoms in total. The van der Waals surface area contributed by atoms with E-state index in [2.05, 4.69) is 0 Å². The second-order valence-corrected chi connectivity index (χ2v) is 5.05. The largest absolute Gasteiger partial charge is 0.383 e. The molecule has 0 saturated heterocycles. The summed E-state index contributed by atoms with van der Waals surface area (Å²) in [6, 6.07) is 17.8. The molecule has 0 spiro atoms. The minimum absolute atomic E-state index is 0.115. The Bertz CT molecular complexity index is 750. The normalized spacial score (nSPS) is 12.6. The predicted molar refractivity (Wildman–Crippen MR) is 79.4 cm³/mol. The third-order valence-corrected chi connectivity index (χ3v) is 3.69. The summed E-state index contributed by atoms with van der Waals surface area (Å²) in [7, 11) is 0. The molecule has 20 heavy (non-hydrogen) atoms. The lowest BCUT2D eigenvalue weighted by atomic mass is 9.98. The van der Waals surface area contributed by atoms with Crippen molar-refractivity contribution in [2.75, 3.05) is 0 Å². The van der Waals surface area contributed by atoms with Crippen LogP contribution in [0, 0.1) is 5.82 Å². The Labute approximate surface area is 121 Å². The van der Waals surface area contributed by atoms with Crippen LogP contribution in [0.4, 0.5) is 4.39 Å². The van der Waals surface area contributed by atoms with Gasteiger partial charge in [-0.05, 0) is 34.5 Å². The standard InChI is InChI=1S/C17H12ClFO/c18-14-6-3-7-15(19)16(14)17(20)13-9-8-11-4-1-2-5-12(11)10-13/h1-10,17,20H. The highest BCUT2D eigenvalue weighted by Gasteiger charge is 2.18. The van der Waals surface area contributed by atoms with Gasteiger partial charge < -0.3 is 5.11 Å². The average Bonchev–Trinajstić information content (AvgIpc) is 2.46. The topological polar surface area (TPSA) is 20.2 Å². The van der Waals surface area contributed by atoms with Gasteiger partial charge in [0.05, 0.1) is 0 Å². The third kappa shape index (κ3) is 2.28. The fourth-order valence-electron chi connectivity index (χ4n) is 2.32. The van der Waals surface area contributed by atoms with Crippen molar-refractivity contribution in [2.24, 2.45) is 0 Å². The van der Waals surface area contributed by atoms with Gasteiger partial charge in [0.1, 0.15) is 11.9 Å². The first-order valence-electron chi connectivity index (χ1n) is 6.27. The van der Waals surface area contributed by atoms with Crippen LogP contribution >= 0.6 is 11.6 Å². The first-order valence-corrected chi connectivity index (χ1v) is 6.65. The lowest BCUT2D eigenvalue weighted by molar-refractivity contribution is 0.215. The Morgan fingerprint density at radius 1 is 0.900 bits per heavy atom. The van der Waals surface area contributed by atoms with Gasteiger partial charge in [0.15, 0.2) is 0 Å². The molecule has 0 fully saturated rings. The molecule has 3 aromatic rings. The summed E-state index contributed by atoms with van der Waals surface area (Å²) < 4.78 is 13.9. The highest BCUT2D eigenvalue weighted by atomic mass is 35.5. The van der Waals surface area contributed by atoms with Gasteiger partial charge in [-0.25, -0.2) is 4.39 Å². The Hall–Kier alpha value is -1.90. The van der Waals surface area contributed by atoms with Crippen LogP contribution in [0.3, 0.4) is 0 Å². The SMILES string of the molecule is OC(c1ccc2ccccc2c1)c1c(F)cccc1Cl. The number of benzene rings is 3. The van der Waals surface area contributed by atoms with Crippen LogP contribution in [0.5, 0.6) is 0 Å². The molecule has 0 aromatic heterocycles. The lowest BCUT2D eigenvalue weighted by Gasteiger charge is -2.14.